The number of carbonyl (C=O) groups is 1. The molecule has 1 rings (SSSR count). The first kappa shape index (κ1) is 12.7. The smallest absolute Gasteiger partial charge is 0.249 e. The highest BCUT2D eigenvalue weighted by molar-refractivity contribution is 5.95. The number of aliphatic hydroxyl groups excluding tert-OH is 1. The standard InChI is InChI=1S/C12H18N2O2/c1-9-3-2-4-10(11(9)12(13)16)5-6-14-7-8-15/h2-4,14-15H,5-8H2,1H3,(H2,13,16). The SMILES string of the molecule is Cc1cccc(CCNCCO)c1C(N)=O. The van der Waals surface area contributed by atoms with Gasteiger partial charge in [0, 0.05) is 12.1 Å². The van der Waals surface area contributed by atoms with Crippen molar-refractivity contribution >= 4 is 5.91 Å². The summed E-state index contributed by atoms with van der Waals surface area (Å²) in [5.74, 6) is -0.379. The summed E-state index contributed by atoms with van der Waals surface area (Å²) < 4.78 is 0. The number of carbonyl (C=O) groups excluding carboxylic acids is 1. The summed E-state index contributed by atoms with van der Waals surface area (Å²) in [4.78, 5) is 11.3. The predicted octanol–water partition coefficient (Wildman–Crippen LogP) is 0.218. The van der Waals surface area contributed by atoms with E-state index >= 15 is 0 Å². The van der Waals surface area contributed by atoms with E-state index in [4.69, 9.17) is 10.8 Å². The van der Waals surface area contributed by atoms with Crippen molar-refractivity contribution in [1.82, 2.24) is 5.32 Å². The zero-order valence-electron chi connectivity index (χ0n) is 9.49. The summed E-state index contributed by atoms with van der Waals surface area (Å²) in [6.45, 7) is 3.29. The molecule has 4 N–H and O–H groups in total. The Morgan fingerprint density at radius 2 is 2.19 bits per heavy atom. The molecule has 0 spiro atoms. The van der Waals surface area contributed by atoms with E-state index < -0.39 is 0 Å². The lowest BCUT2D eigenvalue weighted by atomic mass is 9.99. The second-order valence-electron chi connectivity index (χ2n) is 3.70. The zero-order valence-corrected chi connectivity index (χ0v) is 9.49. The summed E-state index contributed by atoms with van der Waals surface area (Å²) in [6, 6.07) is 5.71. The number of hydrogen-bond acceptors (Lipinski definition) is 3. The van der Waals surface area contributed by atoms with E-state index in [1.165, 1.54) is 0 Å². The molecular formula is C12H18N2O2. The first-order chi connectivity index (χ1) is 7.66. The quantitative estimate of drug-likeness (QED) is 0.603. The van der Waals surface area contributed by atoms with E-state index in [9.17, 15) is 4.79 Å². The van der Waals surface area contributed by atoms with Gasteiger partial charge in [0.15, 0.2) is 0 Å². The van der Waals surface area contributed by atoms with Crippen molar-refractivity contribution in [3.63, 3.8) is 0 Å². The minimum atomic E-state index is -0.379. The van der Waals surface area contributed by atoms with Crippen LogP contribution in [0.25, 0.3) is 0 Å². The van der Waals surface area contributed by atoms with Crippen molar-refractivity contribution in [1.29, 1.82) is 0 Å². The molecule has 0 aliphatic carbocycles. The maximum atomic E-state index is 11.3. The van der Waals surface area contributed by atoms with Crippen LogP contribution in [-0.2, 0) is 6.42 Å². The topological polar surface area (TPSA) is 75.3 Å². The molecule has 1 aromatic rings. The van der Waals surface area contributed by atoms with Gasteiger partial charge in [0.25, 0.3) is 0 Å². The molecule has 0 aliphatic heterocycles. The molecule has 0 fully saturated rings. The summed E-state index contributed by atoms with van der Waals surface area (Å²) >= 11 is 0. The van der Waals surface area contributed by atoms with Gasteiger partial charge in [-0.15, -0.1) is 0 Å². The van der Waals surface area contributed by atoms with Crippen LogP contribution in [-0.4, -0.2) is 30.7 Å². The van der Waals surface area contributed by atoms with Crippen LogP contribution in [0.5, 0.6) is 0 Å². The van der Waals surface area contributed by atoms with E-state index in [2.05, 4.69) is 5.32 Å². The van der Waals surface area contributed by atoms with Crippen LogP contribution < -0.4 is 11.1 Å². The number of benzene rings is 1. The molecule has 1 amide bonds. The van der Waals surface area contributed by atoms with Gasteiger partial charge in [-0.25, -0.2) is 0 Å². The van der Waals surface area contributed by atoms with Gasteiger partial charge in [-0.2, -0.15) is 0 Å². The summed E-state index contributed by atoms with van der Waals surface area (Å²) in [5.41, 5.74) is 7.83. The molecule has 0 bridgehead atoms. The van der Waals surface area contributed by atoms with E-state index in [1.807, 2.05) is 25.1 Å². The van der Waals surface area contributed by atoms with E-state index in [1.54, 1.807) is 0 Å². The first-order valence-electron chi connectivity index (χ1n) is 5.36. The normalized spacial score (nSPS) is 10.4. The number of nitrogens with one attached hydrogen (secondary N) is 1. The molecule has 4 nitrogen and oxygen atoms in total. The molecule has 0 heterocycles. The highest BCUT2D eigenvalue weighted by Gasteiger charge is 2.10. The van der Waals surface area contributed by atoms with Gasteiger partial charge in [-0.1, -0.05) is 18.2 Å². The Hall–Kier alpha value is -1.39. The van der Waals surface area contributed by atoms with E-state index in [0.29, 0.717) is 12.1 Å². The summed E-state index contributed by atoms with van der Waals surface area (Å²) in [7, 11) is 0. The lowest BCUT2D eigenvalue weighted by molar-refractivity contribution is 0.0999. The van der Waals surface area contributed by atoms with Crippen molar-refractivity contribution in [3.8, 4) is 0 Å². The molecule has 16 heavy (non-hydrogen) atoms. The fourth-order valence-corrected chi connectivity index (χ4v) is 1.72. The first-order valence-corrected chi connectivity index (χ1v) is 5.36. The Labute approximate surface area is 95.5 Å². The molecule has 0 atom stereocenters. The molecular weight excluding hydrogens is 204 g/mol. The lowest BCUT2D eigenvalue weighted by Crippen LogP contribution is -2.23. The van der Waals surface area contributed by atoms with Crippen LogP contribution in [0.15, 0.2) is 18.2 Å². The number of amides is 1. The number of primary amides is 1. The Bertz CT molecular complexity index is 364. The zero-order chi connectivity index (χ0) is 12.0. The third-order valence-corrected chi connectivity index (χ3v) is 2.47. The number of hydrogen-bond donors (Lipinski definition) is 3. The van der Waals surface area contributed by atoms with Crippen LogP contribution in [0.2, 0.25) is 0 Å². The molecule has 0 aromatic heterocycles. The van der Waals surface area contributed by atoms with Gasteiger partial charge in [0.2, 0.25) is 5.91 Å². The molecule has 0 saturated carbocycles. The lowest BCUT2D eigenvalue weighted by Gasteiger charge is -2.09. The average molecular weight is 222 g/mol. The summed E-state index contributed by atoms with van der Waals surface area (Å²) in [6.07, 6.45) is 0.736. The Balaban J connectivity index is 2.71. The van der Waals surface area contributed by atoms with Crippen molar-refractivity contribution in [3.05, 3.63) is 34.9 Å². The Kier molecular flexibility index (Phi) is 4.95. The maximum Gasteiger partial charge on any atom is 0.249 e. The minimum Gasteiger partial charge on any atom is -0.395 e. The van der Waals surface area contributed by atoms with Gasteiger partial charge in [0.1, 0.15) is 0 Å². The van der Waals surface area contributed by atoms with Crippen molar-refractivity contribution < 1.29 is 9.90 Å². The van der Waals surface area contributed by atoms with Crippen molar-refractivity contribution in [2.45, 2.75) is 13.3 Å². The van der Waals surface area contributed by atoms with Gasteiger partial charge < -0.3 is 16.2 Å². The molecule has 0 saturated heterocycles. The predicted molar refractivity (Wildman–Crippen MR) is 63.4 cm³/mol. The summed E-state index contributed by atoms with van der Waals surface area (Å²) in [5, 5.41) is 11.7. The van der Waals surface area contributed by atoms with Gasteiger partial charge >= 0.3 is 0 Å². The van der Waals surface area contributed by atoms with Crippen LogP contribution in [0.4, 0.5) is 0 Å². The van der Waals surface area contributed by atoms with E-state index in [0.717, 1.165) is 24.1 Å². The molecule has 0 aliphatic rings. The fraction of sp³-hybridized carbons (Fsp3) is 0.417. The van der Waals surface area contributed by atoms with Gasteiger partial charge in [-0.05, 0) is 31.0 Å². The van der Waals surface area contributed by atoms with Gasteiger partial charge in [-0.3, -0.25) is 4.79 Å². The minimum absolute atomic E-state index is 0.122. The number of aliphatic hydroxyl groups is 1. The average Bonchev–Trinajstić information content (AvgIpc) is 2.24. The molecule has 0 unspecified atom stereocenters. The molecule has 1 aromatic carbocycles. The Morgan fingerprint density at radius 3 is 2.81 bits per heavy atom. The van der Waals surface area contributed by atoms with E-state index in [-0.39, 0.29) is 12.5 Å². The highest BCUT2D eigenvalue weighted by Crippen LogP contribution is 2.13. The third-order valence-electron chi connectivity index (χ3n) is 2.47. The largest absolute Gasteiger partial charge is 0.395 e. The Morgan fingerprint density at radius 1 is 1.44 bits per heavy atom. The second kappa shape index (κ2) is 6.25. The van der Waals surface area contributed by atoms with Crippen molar-refractivity contribution in [2.75, 3.05) is 19.7 Å². The van der Waals surface area contributed by atoms with Crippen LogP contribution in [0, 0.1) is 6.92 Å². The highest BCUT2D eigenvalue weighted by atomic mass is 16.3. The van der Waals surface area contributed by atoms with Gasteiger partial charge in [0.05, 0.1) is 6.61 Å². The molecule has 0 radical (unpaired) electrons. The number of rotatable bonds is 6. The molecule has 4 heteroatoms. The second-order valence-corrected chi connectivity index (χ2v) is 3.70. The van der Waals surface area contributed by atoms with Crippen LogP contribution >= 0.6 is 0 Å². The van der Waals surface area contributed by atoms with Crippen LogP contribution in [0.1, 0.15) is 21.5 Å². The molecule has 88 valence electrons. The fourth-order valence-electron chi connectivity index (χ4n) is 1.72. The van der Waals surface area contributed by atoms with Crippen LogP contribution in [0.3, 0.4) is 0 Å². The third kappa shape index (κ3) is 3.32. The number of nitrogens with two attached hydrogens (primary N) is 1. The monoisotopic (exact) mass is 222 g/mol. The number of aryl methyl sites for hydroxylation is 1. The maximum absolute atomic E-state index is 11.3. The van der Waals surface area contributed by atoms with Crippen molar-refractivity contribution in [2.24, 2.45) is 5.73 Å².